The number of ether oxygens (including phenoxy) is 2. The van der Waals surface area contributed by atoms with Crippen LogP contribution in [0.25, 0.3) is 10.9 Å². The van der Waals surface area contributed by atoms with Crippen molar-refractivity contribution in [3.8, 4) is 11.5 Å². The summed E-state index contributed by atoms with van der Waals surface area (Å²) in [6, 6.07) is 14.4. The van der Waals surface area contributed by atoms with Crippen molar-refractivity contribution in [3.63, 3.8) is 0 Å². The highest BCUT2D eigenvalue weighted by molar-refractivity contribution is 5.86. The van der Waals surface area contributed by atoms with E-state index in [-0.39, 0.29) is 18.6 Å². The zero-order valence-corrected chi connectivity index (χ0v) is 17.9. The molecular formula is C24H29N3O3. The molecule has 1 aromatic heterocycles. The van der Waals surface area contributed by atoms with Crippen LogP contribution in [0.3, 0.4) is 0 Å². The second kappa shape index (κ2) is 8.79. The van der Waals surface area contributed by atoms with Gasteiger partial charge in [-0.1, -0.05) is 24.3 Å². The van der Waals surface area contributed by atoms with Crippen molar-refractivity contribution in [1.29, 1.82) is 0 Å². The van der Waals surface area contributed by atoms with Crippen molar-refractivity contribution in [1.82, 2.24) is 14.8 Å². The first-order valence-electron chi connectivity index (χ1n) is 10.5. The smallest absolute Gasteiger partial charge is 0.231 e. The van der Waals surface area contributed by atoms with E-state index < -0.39 is 0 Å². The number of para-hydroxylation sites is 1. The summed E-state index contributed by atoms with van der Waals surface area (Å²) < 4.78 is 13.3. The number of likely N-dealkylation sites (N-methyl/N-ethyl adjacent to an activating group) is 1. The minimum absolute atomic E-state index is 0.0489. The fourth-order valence-electron chi connectivity index (χ4n) is 4.03. The van der Waals surface area contributed by atoms with Gasteiger partial charge in [-0.25, -0.2) is 0 Å². The highest BCUT2D eigenvalue weighted by Gasteiger charge is 2.25. The minimum Gasteiger partial charge on any atom is -0.454 e. The summed E-state index contributed by atoms with van der Waals surface area (Å²) in [5.74, 6) is 1.47. The SMILES string of the molecule is CCn1cc([C@@H](CC(=O)NCCN(C)C)c2ccc3c(c2)OCO3)c2ccccc21. The number of carbonyl (C=O) groups is 1. The zero-order valence-electron chi connectivity index (χ0n) is 17.9. The Bertz CT molecular complexity index is 1040. The maximum atomic E-state index is 12.8. The topological polar surface area (TPSA) is 55.7 Å². The minimum atomic E-state index is -0.0726. The Balaban J connectivity index is 1.70. The van der Waals surface area contributed by atoms with Gasteiger partial charge in [-0.15, -0.1) is 0 Å². The molecular weight excluding hydrogens is 378 g/mol. The molecule has 6 nitrogen and oxygen atoms in total. The summed E-state index contributed by atoms with van der Waals surface area (Å²) in [4.78, 5) is 14.9. The number of nitrogens with zero attached hydrogens (tertiary/aromatic N) is 2. The number of rotatable bonds is 8. The number of aryl methyl sites for hydroxylation is 1. The molecule has 2 heterocycles. The molecule has 0 unspecified atom stereocenters. The maximum absolute atomic E-state index is 12.8. The second-order valence-corrected chi connectivity index (χ2v) is 7.91. The van der Waals surface area contributed by atoms with E-state index in [2.05, 4.69) is 52.2 Å². The molecule has 1 atom stereocenters. The van der Waals surface area contributed by atoms with Gasteiger partial charge in [0.15, 0.2) is 11.5 Å². The fraction of sp³-hybridized carbons (Fsp3) is 0.375. The van der Waals surface area contributed by atoms with E-state index in [1.165, 1.54) is 10.9 Å². The number of benzene rings is 2. The standard InChI is InChI=1S/C24H29N3O3/c1-4-27-15-20(18-7-5-6-8-21(18)27)19(14-24(28)25-11-12-26(2)3)17-9-10-22-23(13-17)30-16-29-22/h5-10,13,15,19H,4,11-12,14,16H2,1-3H3,(H,25,28)/t19-/m0/s1. The van der Waals surface area contributed by atoms with Crippen LogP contribution in [0.1, 0.15) is 30.4 Å². The first-order valence-corrected chi connectivity index (χ1v) is 10.5. The molecule has 158 valence electrons. The van der Waals surface area contributed by atoms with Crippen molar-refractivity contribution in [2.75, 3.05) is 34.0 Å². The van der Waals surface area contributed by atoms with Crippen LogP contribution in [0.4, 0.5) is 0 Å². The number of amides is 1. The van der Waals surface area contributed by atoms with Crippen LogP contribution in [-0.2, 0) is 11.3 Å². The quantitative estimate of drug-likeness (QED) is 0.620. The van der Waals surface area contributed by atoms with Gasteiger partial charge in [0.05, 0.1) is 0 Å². The van der Waals surface area contributed by atoms with E-state index in [0.29, 0.717) is 13.0 Å². The van der Waals surface area contributed by atoms with Crippen molar-refractivity contribution in [3.05, 3.63) is 59.8 Å². The predicted molar refractivity (Wildman–Crippen MR) is 118 cm³/mol. The average molecular weight is 408 g/mol. The Labute approximate surface area is 177 Å². The van der Waals surface area contributed by atoms with Crippen LogP contribution in [0.15, 0.2) is 48.7 Å². The van der Waals surface area contributed by atoms with Gasteiger partial charge < -0.3 is 24.3 Å². The van der Waals surface area contributed by atoms with Crippen LogP contribution in [0.2, 0.25) is 0 Å². The molecule has 0 aliphatic carbocycles. The second-order valence-electron chi connectivity index (χ2n) is 7.91. The van der Waals surface area contributed by atoms with E-state index in [4.69, 9.17) is 9.47 Å². The predicted octanol–water partition coefficient (Wildman–Crippen LogP) is 3.59. The van der Waals surface area contributed by atoms with Crippen LogP contribution in [0.5, 0.6) is 11.5 Å². The van der Waals surface area contributed by atoms with Gasteiger partial charge in [-0.05, 0) is 50.3 Å². The Morgan fingerprint density at radius 2 is 1.97 bits per heavy atom. The summed E-state index contributed by atoms with van der Waals surface area (Å²) in [6.45, 7) is 4.71. The molecule has 0 radical (unpaired) electrons. The Kier molecular flexibility index (Phi) is 5.95. The Hall–Kier alpha value is -2.99. The molecule has 1 N–H and O–H groups in total. The monoisotopic (exact) mass is 407 g/mol. The summed E-state index contributed by atoms with van der Waals surface area (Å²) in [5.41, 5.74) is 3.41. The molecule has 0 saturated heterocycles. The number of fused-ring (bicyclic) bond motifs is 2. The molecule has 0 fully saturated rings. The van der Waals surface area contributed by atoms with Gasteiger partial charge in [0.25, 0.3) is 0 Å². The van der Waals surface area contributed by atoms with Crippen LogP contribution in [0, 0.1) is 0 Å². The van der Waals surface area contributed by atoms with Crippen LogP contribution < -0.4 is 14.8 Å². The van der Waals surface area contributed by atoms with Gasteiger partial charge in [0.2, 0.25) is 12.7 Å². The third-order valence-electron chi connectivity index (χ3n) is 5.61. The van der Waals surface area contributed by atoms with Crippen molar-refractivity contribution in [2.24, 2.45) is 0 Å². The fourth-order valence-corrected chi connectivity index (χ4v) is 4.03. The number of nitrogens with one attached hydrogen (secondary N) is 1. The lowest BCUT2D eigenvalue weighted by Gasteiger charge is -2.18. The first-order chi connectivity index (χ1) is 14.6. The van der Waals surface area contributed by atoms with Gasteiger partial charge in [-0.3, -0.25) is 4.79 Å². The zero-order chi connectivity index (χ0) is 21.1. The summed E-state index contributed by atoms with van der Waals surface area (Å²) >= 11 is 0. The van der Waals surface area contributed by atoms with E-state index in [1.54, 1.807) is 0 Å². The third kappa shape index (κ3) is 4.14. The third-order valence-corrected chi connectivity index (χ3v) is 5.61. The Morgan fingerprint density at radius 3 is 2.77 bits per heavy atom. The molecule has 1 amide bonds. The highest BCUT2D eigenvalue weighted by Crippen LogP contribution is 2.40. The normalized spacial score (nSPS) is 13.7. The molecule has 4 rings (SSSR count). The average Bonchev–Trinajstić information content (AvgIpc) is 3.35. The van der Waals surface area contributed by atoms with Gasteiger partial charge >= 0.3 is 0 Å². The molecule has 6 heteroatoms. The number of carbonyl (C=O) groups excluding carboxylic acids is 1. The lowest BCUT2D eigenvalue weighted by atomic mass is 9.87. The molecule has 3 aromatic rings. The molecule has 0 bridgehead atoms. The van der Waals surface area contributed by atoms with Crippen molar-refractivity contribution >= 4 is 16.8 Å². The largest absolute Gasteiger partial charge is 0.454 e. The van der Waals surface area contributed by atoms with Gasteiger partial charge in [0.1, 0.15) is 0 Å². The van der Waals surface area contributed by atoms with Crippen LogP contribution in [-0.4, -0.2) is 49.4 Å². The van der Waals surface area contributed by atoms with Gasteiger partial charge in [0, 0.05) is 49.1 Å². The highest BCUT2D eigenvalue weighted by atomic mass is 16.7. The van der Waals surface area contributed by atoms with E-state index in [0.717, 1.165) is 35.7 Å². The Morgan fingerprint density at radius 1 is 1.17 bits per heavy atom. The number of hydrogen-bond donors (Lipinski definition) is 1. The van der Waals surface area contributed by atoms with Crippen molar-refractivity contribution in [2.45, 2.75) is 25.8 Å². The first kappa shape index (κ1) is 20.3. The van der Waals surface area contributed by atoms with Crippen LogP contribution >= 0.6 is 0 Å². The molecule has 2 aromatic carbocycles. The van der Waals surface area contributed by atoms with Gasteiger partial charge in [-0.2, -0.15) is 0 Å². The lowest BCUT2D eigenvalue weighted by molar-refractivity contribution is -0.121. The van der Waals surface area contributed by atoms with E-state index in [1.807, 2.05) is 32.3 Å². The van der Waals surface area contributed by atoms with Crippen molar-refractivity contribution < 1.29 is 14.3 Å². The molecule has 30 heavy (non-hydrogen) atoms. The summed E-state index contributed by atoms with van der Waals surface area (Å²) in [5, 5.41) is 4.25. The lowest BCUT2D eigenvalue weighted by Crippen LogP contribution is -2.32. The molecule has 0 saturated carbocycles. The molecule has 1 aliphatic rings. The number of aromatic nitrogens is 1. The maximum Gasteiger partial charge on any atom is 0.231 e. The molecule has 1 aliphatic heterocycles. The number of hydrogen-bond acceptors (Lipinski definition) is 4. The van der Waals surface area contributed by atoms with E-state index >= 15 is 0 Å². The summed E-state index contributed by atoms with van der Waals surface area (Å²) in [7, 11) is 4.00. The summed E-state index contributed by atoms with van der Waals surface area (Å²) in [6.07, 6.45) is 2.57. The molecule has 0 spiro atoms. The van der Waals surface area contributed by atoms with E-state index in [9.17, 15) is 4.79 Å².